The van der Waals surface area contributed by atoms with Crippen molar-refractivity contribution < 1.29 is 9.53 Å². The number of hydrogen-bond donors (Lipinski definition) is 2. The molecule has 0 aliphatic carbocycles. The summed E-state index contributed by atoms with van der Waals surface area (Å²) in [5.41, 5.74) is 1.84. The lowest BCUT2D eigenvalue weighted by Gasteiger charge is -2.14. The molecule has 1 heterocycles. The van der Waals surface area contributed by atoms with E-state index in [2.05, 4.69) is 29.5 Å². The third kappa shape index (κ3) is 4.96. The molecule has 23 heavy (non-hydrogen) atoms. The Kier molecular flexibility index (Phi) is 6.40. The van der Waals surface area contributed by atoms with Gasteiger partial charge in [-0.2, -0.15) is 0 Å². The van der Waals surface area contributed by atoms with Crippen LogP contribution in [0.5, 0.6) is 5.75 Å². The predicted molar refractivity (Wildman–Crippen MR) is 95.2 cm³/mol. The van der Waals surface area contributed by atoms with Gasteiger partial charge in [-0.25, -0.2) is 9.78 Å². The van der Waals surface area contributed by atoms with Crippen molar-refractivity contribution in [3.63, 3.8) is 0 Å². The average molecular weight is 333 g/mol. The molecule has 2 aromatic rings. The molecule has 0 bridgehead atoms. The highest BCUT2D eigenvalue weighted by Gasteiger charge is 2.11. The second-order valence-electron chi connectivity index (χ2n) is 5.11. The Morgan fingerprint density at radius 1 is 1.22 bits per heavy atom. The Labute approximate surface area is 141 Å². The fourth-order valence-corrected chi connectivity index (χ4v) is 2.88. The summed E-state index contributed by atoms with van der Waals surface area (Å²) in [5.74, 6) is 0.842. The van der Waals surface area contributed by atoms with E-state index in [4.69, 9.17) is 4.74 Å². The molecular formula is C17H23N3O2S. The number of nitrogens with one attached hydrogen (secondary N) is 2. The van der Waals surface area contributed by atoms with Gasteiger partial charge in [0, 0.05) is 17.0 Å². The highest BCUT2D eigenvalue weighted by Crippen LogP contribution is 2.26. The maximum atomic E-state index is 11.9. The fourth-order valence-electron chi connectivity index (χ4n) is 2.16. The van der Waals surface area contributed by atoms with Crippen LogP contribution in [0.15, 0.2) is 29.6 Å². The minimum absolute atomic E-state index is 0.195. The van der Waals surface area contributed by atoms with Crippen molar-refractivity contribution >= 4 is 22.5 Å². The van der Waals surface area contributed by atoms with Crippen LogP contribution in [0.1, 0.15) is 33.6 Å². The van der Waals surface area contributed by atoms with Crippen molar-refractivity contribution in [2.24, 2.45) is 0 Å². The molecule has 0 unspecified atom stereocenters. The molecule has 1 aromatic heterocycles. The number of urea groups is 1. The Morgan fingerprint density at radius 2 is 1.91 bits per heavy atom. The van der Waals surface area contributed by atoms with E-state index in [1.54, 1.807) is 0 Å². The van der Waals surface area contributed by atoms with Crippen LogP contribution in [0.4, 0.5) is 9.93 Å². The second kappa shape index (κ2) is 8.53. The van der Waals surface area contributed by atoms with Crippen LogP contribution in [0.2, 0.25) is 0 Å². The normalized spacial score (nSPS) is 10.6. The SMILES string of the molecule is CCOc1ccc(-c2csc(NC(=O)NC(CC)CC)n2)cc1. The number of carbonyl (C=O) groups excluding carboxylic acids is 1. The van der Waals surface area contributed by atoms with Crippen molar-refractivity contribution in [3.05, 3.63) is 29.6 Å². The first-order valence-electron chi connectivity index (χ1n) is 7.92. The molecule has 2 rings (SSSR count). The zero-order valence-electron chi connectivity index (χ0n) is 13.8. The lowest BCUT2D eigenvalue weighted by Crippen LogP contribution is -2.37. The van der Waals surface area contributed by atoms with E-state index < -0.39 is 0 Å². The standard InChI is InChI=1S/C17H23N3O2S/c1-4-13(5-2)18-16(21)20-17-19-15(11-23-17)12-7-9-14(10-8-12)22-6-3/h7-11,13H,4-6H2,1-3H3,(H2,18,19,20,21). The van der Waals surface area contributed by atoms with E-state index in [9.17, 15) is 4.79 Å². The van der Waals surface area contributed by atoms with E-state index in [-0.39, 0.29) is 12.1 Å². The first-order chi connectivity index (χ1) is 11.2. The van der Waals surface area contributed by atoms with Gasteiger partial charge < -0.3 is 10.1 Å². The molecule has 0 aliphatic rings. The number of hydrogen-bond acceptors (Lipinski definition) is 4. The van der Waals surface area contributed by atoms with Crippen LogP contribution in [0.3, 0.4) is 0 Å². The number of anilines is 1. The van der Waals surface area contributed by atoms with Crippen molar-refractivity contribution in [3.8, 4) is 17.0 Å². The summed E-state index contributed by atoms with van der Waals surface area (Å²) in [6.07, 6.45) is 1.83. The van der Waals surface area contributed by atoms with Gasteiger partial charge in [0.05, 0.1) is 12.3 Å². The van der Waals surface area contributed by atoms with Crippen LogP contribution < -0.4 is 15.4 Å². The summed E-state index contributed by atoms with van der Waals surface area (Å²) in [6.45, 7) is 6.72. The lowest BCUT2D eigenvalue weighted by molar-refractivity contribution is 0.247. The van der Waals surface area contributed by atoms with E-state index in [1.807, 2.05) is 36.6 Å². The van der Waals surface area contributed by atoms with Gasteiger partial charge in [-0.05, 0) is 44.0 Å². The lowest BCUT2D eigenvalue weighted by atomic mass is 10.2. The van der Waals surface area contributed by atoms with Gasteiger partial charge in [0.25, 0.3) is 0 Å². The maximum absolute atomic E-state index is 11.9. The summed E-state index contributed by atoms with van der Waals surface area (Å²) in [7, 11) is 0. The van der Waals surface area contributed by atoms with Gasteiger partial charge in [-0.3, -0.25) is 5.32 Å². The molecular weight excluding hydrogens is 310 g/mol. The molecule has 0 radical (unpaired) electrons. The Bertz CT molecular complexity index is 621. The summed E-state index contributed by atoms with van der Waals surface area (Å²) in [5, 5.41) is 8.26. The molecule has 0 saturated heterocycles. The van der Waals surface area contributed by atoms with E-state index >= 15 is 0 Å². The van der Waals surface area contributed by atoms with Crippen molar-refractivity contribution in [2.45, 2.75) is 39.7 Å². The zero-order chi connectivity index (χ0) is 16.7. The van der Waals surface area contributed by atoms with Crippen LogP contribution in [-0.2, 0) is 0 Å². The number of benzene rings is 1. The number of ether oxygens (including phenoxy) is 1. The summed E-state index contributed by atoms with van der Waals surface area (Å²) in [4.78, 5) is 16.4. The molecule has 0 spiro atoms. The predicted octanol–water partition coefficient (Wildman–Crippen LogP) is 4.52. The van der Waals surface area contributed by atoms with Crippen LogP contribution >= 0.6 is 11.3 Å². The fraction of sp³-hybridized carbons (Fsp3) is 0.412. The van der Waals surface area contributed by atoms with E-state index in [0.29, 0.717) is 11.7 Å². The summed E-state index contributed by atoms with van der Waals surface area (Å²) >= 11 is 1.42. The minimum atomic E-state index is -0.203. The molecule has 0 aliphatic heterocycles. The molecule has 6 heteroatoms. The molecule has 0 saturated carbocycles. The Morgan fingerprint density at radius 3 is 2.52 bits per heavy atom. The van der Waals surface area contributed by atoms with Crippen molar-refractivity contribution in [1.82, 2.24) is 10.3 Å². The topological polar surface area (TPSA) is 63.2 Å². The molecule has 1 aromatic carbocycles. The maximum Gasteiger partial charge on any atom is 0.321 e. The molecule has 5 nitrogen and oxygen atoms in total. The number of nitrogens with zero attached hydrogens (tertiary/aromatic N) is 1. The third-order valence-electron chi connectivity index (χ3n) is 3.51. The first-order valence-corrected chi connectivity index (χ1v) is 8.80. The highest BCUT2D eigenvalue weighted by atomic mass is 32.1. The van der Waals surface area contributed by atoms with Gasteiger partial charge in [-0.15, -0.1) is 11.3 Å². The van der Waals surface area contributed by atoms with Gasteiger partial charge in [0.2, 0.25) is 0 Å². The number of thiazole rings is 1. The molecule has 2 amide bonds. The number of amides is 2. The zero-order valence-corrected chi connectivity index (χ0v) is 14.6. The quantitative estimate of drug-likeness (QED) is 0.783. The summed E-state index contributed by atoms with van der Waals surface area (Å²) < 4.78 is 5.43. The second-order valence-corrected chi connectivity index (χ2v) is 5.97. The highest BCUT2D eigenvalue weighted by molar-refractivity contribution is 7.14. The minimum Gasteiger partial charge on any atom is -0.494 e. The summed E-state index contributed by atoms with van der Waals surface area (Å²) in [6, 6.07) is 7.77. The first kappa shape index (κ1) is 17.3. The molecule has 2 N–H and O–H groups in total. The van der Waals surface area contributed by atoms with Crippen LogP contribution in [-0.4, -0.2) is 23.7 Å². The van der Waals surface area contributed by atoms with E-state index in [1.165, 1.54) is 11.3 Å². The Hall–Kier alpha value is -2.08. The van der Waals surface area contributed by atoms with Crippen molar-refractivity contribution in [1.29, 1.82) is 0 Å². The van der Waals surface area contributed by atoms with Gasteiger partial charge in [-0.1, -0.05) is 13.8 Å². The Balaban J connectivity index is 1.98. The van der Waals surface area contributed by atoms with Crippen LogP contribution in [0.25, 0.3) is 11.3 Å². The van der Waals surface area contributed by atoms with Gasteiger partial charge in [0.15, 0.2) is 5.13 Å². The van der Waals surface area contributed by atoms with Gasteiger partial charge in [0.1, 0.15) is 5.75 Å². The number of aromatic nitrogens is 1. The van der Waals surface area contributed by atoms with Gasteiger partial charge >= 0.3 is 6.03 Å². The largest absolute Gasteiger partial charge is 0.494 e. The number of carbonyl (C=O) groups is 1. The molecule has 124 valence electrons. The van der Waals surface area contributed by atoms with Crippen molar-refractivity contribution in [2.75, 3.05) is 11.9 Å². The number of rotatable bonds is 7. The molecule has 0 fully saturated rings. The van der Waals surface area contributed by atoms with E-state index in [0.717, 1.165) is 29.8 Å². The average Bonchev–Trinajstić information content (AvgIpc) is 3.02. The third-order valence-corrected chi connectivity index (χ3v) is 4.26. The molecule has 0 atom stereocenters. The van der Waals surface area contributed by atoms with Crippen LogP contribution in [0, 0.1) is 0 Å². The monoisotopic (exact) mass is 333 g/mol. The smallest absolute Gasteiger partial charge is 0.321 e.